The first-order chi connectivity index (χ1) is 9.45. The van der Waals surface area contributed by atoms with Crippen LogP contribution in [-0.4, -0.2) is 6.61 Å². The molecule has 0 aliphatic heterocycles. The van der Waals surface area contributed by atoms with E-state index in [2.05, 4.69) is 32.6 Å². The van der Waals surface area contributed by atoms with Gasteiger partial charge in [-0.05, 0) is 46.9 Å². The number of benzene rings is 1. The summed E-state index contributed by atoms with van der Waals surface area (Å²) in [7, 11) is 0. The van der Waals surface area contributed by atoms with Crippen molar-refractivity contribution in [1.82, 2.24) is 0 Å². The van der Waals surface area contributed by atoms with E-state index >= 15 is 0 Å². The first-order valence-electron chi connectivity index (χ1n) is 5.37. The van der Waals surface area contributed by atoms with E-state index in [1.165, 1.54) is 12.1 Å². The van der Waals surface area contributed by atoms with Crippen LogP contribution in [0.2, 0.25) is 10.0 Å². The fourth-order valence-corrected chi connectivity index (χ4v) is 2.54. The zero-order valence-electron chi connectivity index (χ0n) is 9.80. The van der Waals surface area contributed by atoms with Crippen molar-refractivity contribution < 1.29 is 17.9 Å². The van der Waals surface area contributed by atoms with Crippen LogP contribution in [0.3, 0.4) is 0 Å². The van der Waals surface area contributed by atoms with Gasteiger partial charge in [0, 0.05) is 5.69 Å². The van der Waals surface area contributed by atoms with Crippen molar-refractivity contribution in [2.45, 2.75) is 13.2 Å². The maximum absolute atomic E-state index is 12.2. The van der Waals surface area contributed by atoms with Gasteiger partial charge in [-0.3, -0.25) is 0 Å². The summed E-state index contributed by atoms with van der Waals surface area (Å²) in [5.74, 6) is 0.496. The van der Waals surface area contributed by atoms with E-state index in [4.69, 9.17) is 27.6 Å². The number of hydrogen-bond acceptors (Lipinski definition) is 3. The highest BCUT2D eigenvalue weighted by Crippen LogP contribution is 2.37. The third-order valence-corrected chi connectivity index (χ3v) is 3.44. The summed E-state index contributed by atoms with van der Waals surface area (Å²) in [6, 6.07) is 6.57. The molecule has 0 aliphatic rings. The van der Waals surface area contributed by atoms with Crippen molar-refractivity contribution in [3.8, 4) is 5.75 Å². The highest BCUT2D eigenvalue weighted by molar-refractivity contribution is 14.1. The Labute approximate surface area is 137 Å². The van der Waals surface area contributed by atoms with Crippen LogP contribution in [0.4, 0.5) is 14.5 Å². The summed E-state index contributed by atoms with van der Waals surface area (Å²) < 4.78 is 34.8. The third kappa shape index (κ3) is 4.13. The topological polar surface area (TPSA) is 34.4 Å². The second kappa shape index (κ2) is 6.82. The molecule has 0 saturated heterocycles. The summed E-state index contributed by atoms with van der Waals surface area (Å²) in [6.45, 7) is -2.56. The molecule has 0 atom stereocenters. The van der Waals surface area contributed by atoms with E-state index in [0.29, 0.717) is 12.2 Å². The molecular weight excluding hydrogens is 426 g/mol. The van der Waals surface area contributed by atoms with E-state index in [0.717, 1.165) is 9.53 Å². The van der Waals surface area contributed by atoms with Crippen molar-refractivity contribution in [3.63, 3.8) is 0 Å². The molecule has 1 aromatic heterocycles. The molecule has 0 aliphatic carbocycles. The quantitative estimate of drug-likeness (QED) is 0.640. The lowest BCUT2D eigenvalue weighted by Crippen LogP contribution is -2.04. The minimum Gasteiger partial charge on any atom is -0.454 e. The smallest absolute Gasteiger partial charge is 0.387 e. The molecule has 3 nitrogen and oxygen atoms in total. The van der Waals surface area contributed by atoms with Gasteiger partial charge >= 0.3 is 6.61 Å². The van der Waals surface area contributed by atoms with E-state index in [1.54, 1.807) is 0 Å². The summed E-state index contributed by atoms with van der Waals surface area (Å²) in [5.41, 5.74) is 0.577. The Morgan fingerprint density at radius 1 is 1.25 bits per heavy atom. The molecule has 0 radical (unpaired) electrons. The van der Waals surface area contributed by atoms with Crippen molar-refractivity contribution in [2.24, 2.45) is 0 Å². The molecule has 108 valence electrons. The van der Waals surface area contributed by atoms with Gasteiger partial charge in [-0.1, -0.05) is 23.2 Å². The Balaban J connectivity index is 2.09. The molecule has 0 fully saturated rings. The fraction of sp³-hybridized carbons (Fsp3) is 0.167. The minimum absolute atomic E-state index is 0.00863. The molecule has 1 aromatic carbocycles. The zero-order valence-corrected chi connectivity index (χ0v) is 13.5. The zero-order chi connectivity index (χ0) is 14.7. The van der Waals surface area contributed by atoms with E-state index in [1.807, 2.05) is 12.1 Å². The number of anilines is 1. The highest BCUT2D eigenvalue weighted by Gasteiger charge is 2.14. The summed E-state index contributed by atoms with van der Waals surface area (Å²) in [4.78, 5) is 0. The molecule has 0 amide bonds. The lowest BCUT2D eigenvalue weighted by molar-refractivity contribution is -0.0497. The lowest BCUT2D eigenvalue weighted by atomic mass is 10.3. The average Bonchev–Trinajstić information content (AvgIpc) is 2.77. The minimum atomic E-state index is -2.98. The van der Waals surface area contributed by atoms with Crippen molar-refractivity contribution in [1.29, 1.82) is 0 Å². The first-order valence-corrected chi connectivity index (χ1v) is 7.21. The molecule has 2 aromatic rings. The Morgan fingerprint density at radius 2 is 1.90 bits per heavy atom. The molecule has 1 heterocycles. The van der Waals surface area contributed by atoms with Crippen LogP contribution >= 0.6 is 45.8 Å². The maximum atomic E-state index is 12.2. The Bertz CT molecular complexity index is 584. The molecule has 1 N–H and O–H groups in total. The van der Waals surface area contributed by atoms with Crippen LogP contribution in [0, 0.1) is 3.77 Å². The van der Waals surface area contributed by atoms with Crippen molar-refractivity contribution >= 4 is 51.5 Å². The molecule has 0 bridgehead atoms. The van der Waals surface area contributed by atoms with Gasteiger partial charge in [0.05, 0.1) is 16.6 Å². The van der Waals surface area contributed by atoms with Crippen molar-refractivity contribution in [3.05, 3.63) is 43.8 Å². The van der Waals surface area contributed by atoms with Crippen LogP contribution in [0.1, 0.15) is 5.76 Å². The van der Waals surface area contributed by atoms with Gasteiger partial charge in [-0.15, -0.1) is 0 Å². The van der Waals surface area contributed by atoms with Gasteiger partial charge in [-0.2, -0.15) is 8.78 Å². The van der Waals surface area contributed by atoms with Gasteiger partial charge in [0.15, 0.2) is 9.52 Å². The second-order valence-electron chi connectivity index (χ2n) is 3.71. The number of nitrogens with one attached hydrogen (secondary N) is 1. The van der Waals surface area contributed by atoms with Gasteiger partial charge in [-0.25, -0.2) is 0 Å². The van der Waals surface area contributed by atoms with E-state index in [9.17, 15) is 8.78 Å². The highest BCUT2D eigenvalue weighted by atomic mass is 127. The predicted octanol–water partition coefficient (Wildman–Crippen LogP) is 5.40. The number of ether oxygens (including phenoxy) is 1. The van der Waals surface area contributed by atoms with Crippen LogP contribution in [-0.2, 0) is 6.54 Å². The third-order valence-electron chi connectivity index (χ3n) is 2.30. The van der Waals surface area contributed by atoms with E-state index < -0.39 is 6.61 Å². The monoisotopic (exact) mass is 433 g/mol. The number of halogens is 5. The van der Waals surface area contributed by atoms with Crippen LogP contribution in [0.25, 0.3) is 0 Å². The van der Waals surface area contributed by atoms with Crippen molar-refractivity contribution in [2.75, 3.05) is 5.32 Å². The number of rotatable bonds is 5. The van der Waals surface area contributed by atoms with Crippen LogP contribution in [0.5, 0.6) is 5.75 Å². The maximum Gasteiger partial charge on any atom is 0.387 e. The summed E-state index contributed by atoms with van der Waals surface area (Å²) >= 11 is 13.8. The molecular formula is C12H8Cl2F2INO2. The van der Waals surface area contributed by atoms with Crippen LogP contribution in [0.15, 0.2) is 28.7 Å². The first kappa shape index (κ1) is 15.7. The molecule has 0 unspecified atom stereocenters. The molecule has 2 rings (SSSR count). The number of hydrogen-bond donors (Lipinski definition) is 1. The molecule has 0 saturated carbocycles. The SMILES string of the molecule is FC(F)Oc1c(Cl)cc(NCc2ccc(I)o2)cc1Cl. The van der Waals surface area contributed by atoms with Gasteiger partial charge in [0.1, 0.15) is 5.76 Å². The Morgan fingerprint density at radius 3 is 2.40 bits per heavy atom. The average molecular weight is 434 g/mol. The largest absolute Gasteiger partial charge is 0.454 e. The van der Waals surface area contributed by atoms with Crippen LogP contribution < -0.4 is 10.1 Å². The van der Waals surface area contributed by atoms with Gasteiger partial charge in [0.25, 0.3) is 0 Å². The lowest BCUT2D eigenvalue weighted by Gasteiger charge is -2.11. The Hall–Kier alpha value is -0.730. The van der Waals surface area contributed by atoms with Gasteiger partial charge < -0.3 is 14.5 Å². The van der Waals surface area contributed by atoms with Gasteiger partial charge in [0.2, 0.25) is 0 Å². The molecule has 20 heavy (non-hydrogen) atoms. The molecule has 8 heteroatoms. The number of furan rings is 1. The second-order valence-corrected chi connectivity index (χ2v) is 5.58. The summed E-state index contributed by atoms with van der Waals surface area (Å²) in [5, 5.41) is 3.04. The Kier molecular flexibility index (Phi) is 5.34. The predicted molar refractivity (Wildman–Crippen MR) is 81.8 cm³/mol. The van der Waals surface area contributed by atoms with E-state index in [-0.39, 0.29) is 15.8 Å². The standard InChI is InChI=1S/C12H8Cl2F2INO2/c13-8-3-6(4-9(14)11(8)20-12(15)16)18-5-7-1-2-10(17)19-7/h1-4,12,18H,5H2. The number of alkyl halides is 2. The summed E-state index contributed by atoms with van der Waals surface area (Å²) in [6.07, 6.45) is 0. The fourth-order valence-electron chi connectivity index (χ4n) is 1.50. The molecule has 0 spiro atoms. The normalized spacial score (nSPS) is 10.9.